The second kappa shape index (κ2) is 5.63. The van der Waals surface area contributed by atoms with Gasteiger partial charge in [-0.3, -0.25) is 0 Å². The Bertz CT molecular complexity index is 633. The number of nitrogens with one attached hydrogen (secondary N) is 1. The molecule has 0 fully saturated rings. The number of hydrogen-bond donors (Lipinski definition) is 1. The van der Waals surface area contributed by atoms with Crippen molar-refractivity contribution < 1.29 is 0 Å². The van der Waals surface area contributed by atoms with Crippen LogP contribution in [-0.2, 0) is 0 Å². The zero-order valence-corrected chi connectivity index (χ0v) is 11.1. The van der Waals surface area contributed by atoms with Gasteiger partial charge in [-0.25, -0.2) is 0 Å². The molecule has 2 nitrogen and oxygen atoms in total. The van der Waals surface area contributed by atoms with Crippen molar-refractivity contribution in [2.75, 3.05) is 0 Å². The minimum absolute atomic E-state index is 1.00. The number of nitrogens with zero attached hydrogens (tertiary/aromatic N) is 1. The van der Waals surface area contributed by atoms with Gasteiger partial charge >= 0.3 is 108 Å². The second-order valence-electron chi connectivity index (χ2n) is 4.24. The predicted octanol–water partition coefficient (Wildman–Crippen LogP) is 3.47. The van der Waals surface area contributed by atoms with Crippen molar-refractivity contribution in [2.24, 2.45) is 0 Å². The molecule has 0 unspecified atom stereocenters. The first-order valence-electron chi connectivity index (χ1n) is 6.15. The van der Waals surface area contributed by atoms with Crippen LogP contribution in [0.3, 0.4) is 0 Å². The van der Waals surface area contributed by atoms with Crippen LogP contribution in [-0.4, -0.2) is 22.4 Å². The van der Waals surface area contributed by atoms with Crippen LogP contribution >= 0.6 is 0 Å². The molecule has 3 heteroatoms. The van der Waals surface area contributed by atoms with E-state index in [-0.39, 0.29) is 0 Å². The number of benzene rings is 1. The molecule has 0 spiro atoms. The number of fused-ring (bicyclic) bond motifs is 1. The van der Waals surface area contributed by atoms with Gasteiger partial charge in [0.25, 0.3) is 0 Å². The number of allylic oxidation sites excluding steroid dienone is 4. The zero-order chi connectivity index (χ0) is 13.0. The normalized spacial score (nSPS) is 13.3. The third-order valence-electron chi connectivity index (χ3n) is 3.05. The zero-order valence-electron chi connectivity index (χ0n) is 11.1. The Labute approximate surface area is 108 Å². The van der Waals surface area contributed by atoms with Gasteiger partial charge in [-0.1, -0.05) is 0 Å². The Morgan fingerprint density at radius 2 is 2.17 bits per heavy atom. The summed E-state index contributed by atoms with van der Waals surface area (Å²) in [6.07, 6.45) is 8.12. The van der Waals surface area contributed by atoms with E-state index in [0.29, 0.717) is 0 Å². The number of imidazole rings is 1. The van der Waals surface area contributed by atoms with Crippen LogP contribution in [0.2, 0.25) is 6.82 Å². The summed E-state index contributed by atoms with van der Waals surface area (Å²) in [5.41, 5.74) is 5.75. The van der Waals surface area contributed by atoms with E-state index in [4.69, 9.17) is 0 Å². The summed E-state index contributed by atoms with van der Waals surface area (Å²) in [6, 6.07) is 6.28. The summed E-state index contributed by atoms with van der Waals surface area (Å²) in [4.78, 5) is 7.37. The summed E-state index contributed by atoms with van der Waals surface area (Å²) in [5.74, 6) is 0. The topological polar surface area (TPSA) is 28.7 Å². The fourth-order valence-corrected chi connectivity index (χ4v) is 1.79. The SMILES string of the molecule is CB=C(C)/C=C\C(=C/C)c1ccc2nc[nH]c2c1. The maximum absolute atomic E-state index is 4.23. The van der Waals surface area contributed by atoms with Gasteiger partial charge in [0, 0.05) is 0 Å². The molecule has 1 heterocycles. The molecule has 18 heavy (non-hydrogen) atoms. The van der Waals surface area contributed by atoms with E-state index >= 15 is 0 Å². The molecular formula is C15H17BN2. The van der Waals surface area contributed by atoms with Crippen molar-refractivity contribution in [3.8, 4) is 0 Å². The van der Waals surface area contributed by atoms with Crippen LogP contribution in [0, 0.1) is 0 Å². The second-order valence-corrected chi connectivity index (χ2v) is 4.24. The number of aromatic amines is 1. The summed E-state index contributed by atoms with van der Waals surface area (Å²) >= 11 is 0. The molecule has 0 radical (unpaired) electrons. The van der Waals surface area contributed by atoms with Gasteiger partial charge in [0.05, 0.1) is 0 Å². The molecule has 2 aromatic rings. The summed E-state index contributed by atoms with van der Waals surface area (Å²) in [7, 11) is 0. The molecular weight excluding hydrogens is 219 g/mol. The van der Waals surface area contributed by atoms with Crippen molar-refractivity contribution in [1.82, 2.24) is 9.97 Å². The first-order chi connectivity index (χ1) is 8.74. The molecule has 0 atom stereocenters. The Hall–Kier alpha value is -1.90. The molecule has 1 N–H and O–H groups in total. The van der Waals surface area contributed by atoms with Crippen molar-refractivity contribution in [2.45, 2.75) is 20.7 Å². The first-order valence-corrected chi connectivity index (χ1v) is 6.15. The van der Waals surface area contributed by atoms with E-state index in [2.05, 4.69) is 61.1 Å². The molecule has 0 amide bonds. The first kappa shape index (κ1) is 12.6. The third kappa shape index (κ3) is 2.67. The summed E-state index contributed by atoms with van der Waals surface area (Å²) in [5, 5.41) is 0. The Kier molecular flexibility index (Phi) is 3.93. The maximum atomic E-state index is 4.23. The fraction of sp³-hybridized carbons (Fsp3) is 0.200. The van der Waals surface area contributed by atoms with E-state index in [0.717, 1.165) is 11.0 Å². The Balaban J connectivity index is 2.35. The quantitative estimate of drug-likeness (QED) is 0.641. The predicted molar refractivity (Wildman–Crippen MR) is 81.2 cm³/mol. The molecule has 1 aromatic heterocycles. The molecule has 90 valence electrons. The van der Waals surface area contributed by atoms with Crippen molar-refractivity contribution in [1.29, 1.82) is 0 Å². The van der Waals surface area contributed by atoms with Crippen LogP contribution in [0.5, 0.6) is 0 Å². The van der Waals surface area contributed by atoms with Gasteiger partial charge in [0.1, 0.15) is 0 Å². The minimum atomic E-state index is 1.00. The molecule has 0 aliphatic carbocycles. The number of H-pyrrole nitrogens is 1. The molecule has 0 bridgehead atoms. The van der Waals surface area contributed by atoms with Gasteiger partial charge in [0.2, 0.25) is 0 Å². The molecule has 0 aliphatic rings. The van der Waals surface area contributed by atoms with Gasteiger partial charge in [-0.15, -0.1) is 0 Å². The standard InChI is InChI=1S/C15H17BN2/c1-4-12(6-5-11(2)16-3)13-7-8-14-15(9-13)18-10-17-14/h4-10H,1-3H3,(H,17,18)/b6-5-,12-4+. The molecule has 2 rings (SSSR count). The van der Waals surface area contributed by atoms with E-state index < -0.39 is 0 Å². The van der Waals surface area contributed by atoms with Crippen molar-refractivity contribution in [3.05, 3.63) is 48.3 Å². The number of rotatable bonds is 3. The molecule has 0 saturated carbocycles. The van der Waals surface area contributed by atoms with E-state index in [1.807, 2.05) is 12.9 Å². The number of aromatic nitrogens is 2. The van der Waals surface area contributed by atoms with Crippen molar-refractivity contribution >= 4 is 29.0 Å². The third-order valence-corrected chi connectivity index (χ3v) is 3.05. The van der Waals surface area contributed by atoms with Crippen molar-refractivity contribution in [3.63, 3.8) is 0 Å². The fourth-order valence-electron chi connectivity index (χ4n) is 1.79. The van der Waals surface area contributed by atoms with Gasteiger partial charge in [-0.05, 0) is 0 Å². The number of hydrogen-bond acceptors (Lipinski definition) is 1. The van der Waals surface area contributed by atoms with Crippen LogP contribution in [0.4, 0.5) is 0 Å². The van der Waals surface area contributed by atoms with Crippen LogP contribution in [0.15, 0.2) is 42.8 Å². The average Bonchev–Trinajstić information content (AvgIpc) is 2.86. The monoisotopic (exact) mass is 236 g/mol. The molecule has 0 aliphatic heterocycles. The van der Waals surface area contributed by atoms with E-state index in [9.17, 15) is 0 Å². The van der Waals surface area contributed by atoms with Crippen LogP contribution in [0.1, 0.15) is 19.4 Å². The van der Waals surface area contributed by atoms with Crippen LogP contribution < -0.4 is 0 Å². The van der Waals surface area contributed by atoms with E-state index in [1.165, 1.54) is 16.6 Å². The Morgan fingerprint density at radius 3 is 2.89 bits per heavy atom. The summed E-state index contributed by atoms with van der Waals surface area (Å²) < 4.78 is 0. The van der Waals surface area contributed by atoms with Crippen LogP contribution in [0.25, 0.3) is 16.6 Å². The molecule has 1 aromatic carbocycles. The van der Waals surface area contributed by atoms with Gasteiger partial charge in [0.15, 0.2) is 0 Å². The Morgan fingerprint density at radius 1 is 1.33 bits per heavy atom. The average molecular weight is 236 g/mol. The molecule has 0 saturated heterocycles. The summed E-state index contributed by atoms with van der Waals surface area (Å²) in [6.45, 7) is 8.30. The van der Waals surface area contributed by atoms with E-state index in [1.54, 1.807) is 6.33 Å². The van der Waals surface area contributed by atoms with Gasteiger partial charge < -0.3 is 0 Å². The van der Waals surface area contributed by atoms with Gasteiger partial charge in [-0.2, -0.15) is 0 Å².